The Morgan fingerprint density at radius 2 is 1.77 bits per heavy atom. The summed E-state index contributed by atoms with van der Waals surface area (Å²) in [6, 6.07) is 15.4. The number of aromatic hydroxyl groups is 1. The minimum Gasteiger partial charge on any atom is -0.508 e. The molecule has 4 aromatic rings. The largest absolute Gasteiger partial charge is 0.508 e. The number of phenolic OH excluding ortho intramolecular Hbond substituents is 1. The number of cyclic esters (lactones) is 1. The summed E-state index contributed by atoms with van der Waals surface area (Å²) in [6.07, 6.45) is 2.55. The zero-order valence-electron chi connectivity index (χ0n) is 21.9. The Kier molecular flexibility index (Phi) is 5.13. The number of rotatable bonds is 3. The summed E-state index contributed by atoms with van der Waals surface area (Å²) >= 11 is 0. The molecule has 4 aliphatic heterocycles. The molecule has 4 aliphatic rings. The van der Waals surface area contributed by atoms with Crippen LogP contribution in [0.4, 0.5) is 21.0 Å². The van der Waals surface area contributed by atoms with E-state index in [1.54, 1.807) is 18.2 Å². The van der Waals surface area contributed by atoms with Crippen molar-refractivity contribution in [3.63, 3.8) is 0 Å². The number of nitrogens with one attached hydrogen (secondary N) is 2. The van der Waals surface area contributed by atoms with Crippen LogP contribution in [0.25, 0.3) is 32.8 Å². The van der Waals surface area contributed by atoms with Crippen molar-refractivity contribution in [3.8, 4) is 16.9 Å². The van der Waals surface area contributed by atoms with E-state index in [0.717, 1.165) is 42.5 Å². The van der Waals surface area contributed by atoms with E-state index in [-0.39, 0.29) is 16.8 Å². The van der Waals surface area contributed by atoms with E-state index >= 15 is 4.39 Å². The molecule has 0 radical (unpaired) electrons. The van der Waals surface area contributed by atoms with Crippen LogP contribution in [0.1, 0.15) is 19.3 Å². The Balaban J connectivity index is 1.26. The number of hydrogen-bond acceptors (Lipinski definition) is 8. The molecule has 4 saturated heterocycles. The van der Waals surface area contributed by atoms with Gasteiger partial charge in [-0.15, -0.1) is 0 Å². The number of piperazine rings is 1. The molecule has 3 N–H and O–H groups in total. The number of nitrogens with zero attached hydrogens (tertiary/aromatic N) is 4. The second-order valence-electron chi connectivity index (χ2n) is 11.6. The van der Waals surface area contributed by atoms with Gasteiger partial charge in [-0.3, -0.25) is 0 Å². The smallest absolute Gasteiger partial charge is 0.407 e. The van der Waals surface area contributed by atoms with E-state index in [0.29, 0.717) is 60.7 Å². The van der Waals surface area contributed by atoms with Crippen molar-refractivity contribution < 1.29 is 19.0 Å². The molecule has 10 heteroatoms. The minimum absolute atomic E-state index is 0.0814. The van der Waals surface area contributed by atoms with Crippen LogP contribution in [-0.2, 0) is 4.74 Å². The van der Waals surface area contributed by atoms with Crippen LogP contribution < -0.4 is 20.4 Å². The summed E-state index contributed by atoms with van der Waals surface area (Å²) in [5.41, 5.74) is 0.882. The van der Waals surface area contributed by atoms with E-state index in [1.165, 1.54) is 0 Å². The summed E-state index contributed by atoms with van der Waals surface area (Å²) in [6.45, 7) is 3.07. The van der Waals surface area contributed by atoms with Gasteiger partial charge in [0, 0.05) is 55.6 Å². The zero-order chi connectivity index (χ0) is 27.0. The number of alkyl carbamates (subject to hydrolysis) is 1. The van der Waals surface area contributed by atoms with Gasteiger partial charge in [0.15, 0.2) is 5.82 Å². The highest BCUT2D eigenvalue weighted by Crippen LogP contribution is 2.40. The highest BCUT2D eigenvalue weighted by molar-refractivity contribution is 6.01. The molecule has 0 saturated carbocycles. The van der Waals surface area contributed by atoms with Gasteiger partial charge >= 0.3 is 6.09 Å². The van der Waals surface area contributed by atoms with Gasteiger partial charge in [-0.2, -0.15) is 4.98 Å². The normalized spacial score (nSPS) is 23.4. The molecule has 40 heavy (non-hydrogen) atoms. The first kappa shape index (κ1) is 23.7. The number of benzene rings is 3. The predicted molar refractivity (Wildman–Crippen MR) is 150 cm³/mol. The molecule has 204 valence electrons. The van der Waals surface area contributed by atoms with Gasteiger partial charge in [0.05, 0.1) is 12.1 Å². The SMILES string of the molecule is O=C1NC2(CCO1)CN(c1nc(N3CC4CCC(C3)N4)c3ccc(-c4cc(O)cc5ccccc45)c(F)c3n1)C2. The fraction of sp³-hybridized carbons (Fsp3) is 0.367. The first-order valence-electron chi connectivity index (χ1n) is 13.9. The Bertz CT molecular complexity index is 1680. The number of ether oxygens (including phenoxy) is 1. The van der Waals surface area contributed by atoms with Crippen molar-refractivity contribution in [2.24, 2.45) is 0 Å². The summed E-state index contributed by atoms with van der Waals surface area (Å²) < 4.78 is 21.7. The van der Waals surface area contributed by atoms with Crippen LogP contribution in [-0.4, -0.2) is 71.6 Å². The molecule has 2 unspecified atom stereocenters. The lowest BCUT2D eigenvalue weighted by molar-refractivity contribution is 0.0750. The van der Waals surface area contributed by atoms with E-state index < -0.39 is 11.9 Å². The molecule has 1 amide bonds. The Labute approximate surface area is 230 Å². The number of hydrogen-bond donors (Lipinski definition) is 3. The van der Waals surface area contributed by atoms with Crippen molar-refractivity contribution in [1.82, 2.24) is 20.6 Å². The molecule has 1 spiro atoms. The lowest BCUT2D eigenvalue weighted by Gasteiger charge is -2.51. The summed E-state index contributed by atoms with van der Waals surface area (Å²) in [4.78, 5) is 25.9. The maximum Gasteiger partial charge on any atom is 0.407 e. The number of fused-ring (bicyclic) bond motifs is 4. The number of anilines is 2. The highest BCUT2D eigenvalue weighted by Gasteiger charge is 2.48. The molecule has 4 fully saturated rings. The van der Waals surface area contributed by atoms with Crippen LogP contribution in [0.2, 0.25) is 0 Å². The van der Waals surface area contributed by atoms with Crippen molar-refractivity contribution in [3.05, 3.63) is 54.3 Å². The third-order valence-corrected chi connectivity index (χ3v) is 8.88. The second kappa shape index (κ2) is 8.66. The number of phenols is 1. The second-order valence-corrected chi connectivity index (χ2v) is 11.6. The van der Waals surface area contributed by atoms with Crippen LogP contribution in [0.5, 0.6) is 5.75 Å². The highest BCUT2D eigenvalue weighted by atomic mass is 19.1. The van der Waals surface area contributed by atoms with Crippen molar-refractivity contribution >= 4 is 39.5 Å². The van der Waals surface area contributed by atoms with Gasteiger partial charge in [0.25, 0.3) is 0 Å². The number of halogens is 1. The molecule has 2 atom stereocenters. The molecule has 1 aromatic heterocycles. The third-order valence-electron chi connectivity index (χ3n) is 8.88. The van der Waals surface area contributed by atoms with Gasteiger partial charge in [-0.1, -0.05) is 30.3 Å². The van der Waals surface area contributed by atoms with E-state index in [2.05, 4.69) is 15.5 Å². The lowest BCUT2D eigenvalue weighted by Crippen LogP contribution is -2.72. The number of carbonyl (C=O) groups is 1. The summed E-state index contributed by atoms with van der Waals surface area (Å²) in [5.74, 6) is 0.835. The maximum atomic E-state index is 16.6. The fourth-order valence-electron chi connectivity index (χ4n) is 6.93. The first-order chi connectivity index (χ1) is 19.4. The Morgan fingerprint density at radius 1 is 0.975 bits per heavy atom. The van der Waals surface area contributed by atoms with Gasteiger partial charge in [0.2, 0.25) is 5.95 Å². The molecular weight excluding hydrogens is 511 g/mol. The van der Waals surface area contributed by atoms with E-state index in [1.807, 2.05) is 35.2 Å². The number of amides is 1. The monoisotopic (exact) mass is 540 g/mol. The third kappa shape index (κ3) is 3.73. The van der Waals surface area contributed by atoms with E-state index in [4.69, 9.17) is 14.7 Å². The van der Waals surface area contributed by atoms with Crippen molar-refractivity contribution in [1.29, 1.82) is 0 Å². The van der Waals surface area contributed by atoms with Gasteiger partial charge < -0.3 is 30.3 Å². The number of carbonyl (C=O) groups excluding carboxylic acids is 1. The van der Waals surface area contributed by atoms with Crippen LogP contribution >= 0.6 is 0 Å². The van der Waals surface area contributed by atoms with Gasteiger partial charge in [-0.05, 0) is 47.4 Å². The molecule has 2 bridgehead atoms. The molecule has 0 aliphatic carbocycles. The molecular formula is C30H29FN6O3. The maximum absolute atomic E-state index is 16.6. The van der Waals surface area contributed by atoms with Crippen molar-refractivity contribution in [2.75, 3.05) is 42.6 Å². The van der Waals surface area contributed by atoms with Gasteiger partial charge in [-0.25, -0.2) is 14.2 Å². The minimum atomic E-state index is -0.439. The average molecular weight is 541 g/mol. The van der Waals surface area contributed by atoms with Crippen LogP contribution in [0, 0.1) is 5.82 Å². The predicted octanol–water partition coefficient (Wildman–Crippen LogP) is 3.92. The Hall–Kier alpha value is -4.18. The topological polar surface area (TPSA) is 103 Å². The summed E-state index contributed by atoms with van der Waals surface area (Å²) in [5, 5.41) is 19.4. The van der Waals surface area contributed by atoms with Crippen LogP contribution in [0.3, 0.4) is 0 Å². The fourth-order valence-corrected chi connectivity index (χ4v) is 6.93. The number of aromatic nitrogens is 2. The Morgan fingerprint density at radius 3 is 2.58 bits per heavy atom. The van der Waals surface area contributed by atoms with E-state index in [9.17, 15) is 9.90 Å². The molecule has 9 nitrogen and oxygen atoms in total. The standard InChI is InChI=1S/C30H29FN6O3/c31-25-22(24-12-20(38)11-17-3-1-2-4-21(17)24)7-8-23-26(25)33-28(37-15-30(16-37)9-10-40-29(39)35-30)34-27(23)36-13-18-5-6-19(14-36)32-18/h1-4,7-8,11-12,18-19,32,38H,5-6,9-10,13-16H2,(H,35,39). The first-order valence-corrected chi connectivity index (χ1v) is 13.9. The molecule has 3 aromatic carbocycles. The lowest BCUT2D eigenvalue weighted by atomic mass is 9.86. The average Bonchev–Trinajstić information content (AvgIpc) is 3.28. The van der Waals surface area contributed by atoms with Crippen molar-refractivity contribution in [2.45, 2.75) is 36.9 Å². The quantitative estimate of drug-likeness (QED) is 0.359. The molecule has 8 rings (SSSR count). The van der Waals surface area contributed by atoms with Crippen LogP contribution in [0.15, 0.2) is 48.5 Å². The zero-order valence-corrected chi connectivity index (χ0v) is 21.9. The summed E-state index contributed by atoms with van der Waals surface area (Å²) in [7, 11) is 0. The molecule has 5 heterocycles. The van der Waals surface area contributed by atoms with Gasteiger partial charge in [0.1, 0.15) is 17.1 Å².